The fourth-order valence-corrected chi connectivity index (χ4v) is 2.77. The van der Waals surface area contributed by atoms with Crippen molar-refractivity contribution in [1.82, 2.24) is 20.5 Å². The van der Waals surface area contributed by atoms with Crippen molar-refractivity contribution in [2.24, 2.45) is 5.92 Å². The third-order valence-electron chi connectivity index (χ3n) is 3.23. The van der Waals surface area contributed by atoms with Gasteiger partial charge < -0.3 is 5.32 Å². The lowest BCUT2D eigenvalue weighted by atomic mass is 10.00. The number of hydrogen-bond donors (Lipinski definition) is 2. The molecule has 0 saturated heterocycles. The van der Waals surface area contributed by atoms with E-state index in [4.69, 9.17) is 0 Å². The van der Waals surface area contributed by atoms with Crippen LogP contribution in [0, 0.1) is 5.92 Å². The van der Waals surface area contributed by atoms with Crippen molar-refractivity contribution in [1.29, 1.82) is 0 Å². The Morgan fingerprint density at radius 2 is 2.00 bits per heavy atom. The molecule has 0 unspecified atom stereocenters. The van der Waals surface area contributed by atoms with Gasteiger partial charge in [-0.2, -0.15) is 5.10 Å². The molecule has 0 aliphatic rings. The predicted octanol–water partition coefficient (Wildman–Crippen LogP) is 2.97. The van der Waals surface area contributed by atoms with Crippen molar-refractivity contribution >= 4 is 17.7 Å². The van der Waals surface area contributed by atoms with Gasteiger partial charge in [0.05, 0.1) is 11.8 Å². The molecule has 0 saturated carbocycles. The number of H-pyrrole nitrogens is 1. The van der Waals surface area contributed by atoms with E-state index in [2.05, 4.69) is 58.6 Å². The van der Waals surface area contributed by atoms with Crippen molar-refractivity contribution in [3.05, 3.63) is 41.7 Å². The fourth-order valence-electron chi connectivity index (χ4n) is 2.18. The van der Waals surface area contributed by atoms with Gasteiger partial charge >= 0.3 is 0 Å². The maximum atomic E-state index is 11.9. The summed E-state index contributed by atoms with van der Waals surface area (Å²) < 4.78 is 0. The van der Waals surface area contributed by atoms with Gasteiger partial charge in [0.2, 0.25) is 5.91 Å². The molecule has 5 nitrogen and oxygen atoms in total. The zero-order valence-electron chi connectivity index (χ0n) is 13.2. The second-order valence-corrected chi connectivity index (χ2v) is 6.67. The first kappa shape index (κ1) is 16.5. The minimum Gasteiger partial charge on any atom is -0.349 e. The lowest BCUT2D eigenvalue weighted by molar-refractivity contribution is -0.119. The lowest BCUT2D eigenvalue weighted by Gasteiger charge is -2.15. The molecule has 118 valence electrons. The van der Waals surface area contributed by atoms with E-state index in [1.807, 2.05) is 6.92 Å². The molecule has 6 heteroatoms. The standard InChI is InChI=1S/C16H22N4OS/c1-11(2)8-13-4-6-14(7-5-13)12(3)19-15(21)9-22-16-17-10-18-20-16/h4-7,10-12H,8-9H2,1-3H3,(H,19,21)(H,17,18,20)/t12-/m1/s1. The zero-order valence-corrected chi connectivity index (χ0v) is 14.0. The van der Waals surface area contributed by atoms with E-state index in [1.54, 1.807) is 0 Å². The van der Waals surface area contributed by atoms with Gasteiger partial charge in [0, 0.05) is 0 Å². The Bertz CT molecular complexity index is 581. The van der Waals surface area contributed by atoms with E-state index in [-0.39, 0.29) is 11.9 Å². The van der Waals surface area contributed by atoms with Crippen LogP contribution in [0.2, 0.25) is 0 Å². The first-order valence-electron chi connectivity index (χ1n) is 7.41. The lowest BCUT2D eigenvalue weighted by Crippen LogP contribution is -2.28. The highest BCUT2D eigenvalue weighted by molar-refractivity contribution is 7.99. The summed E-state index contributed by atoms with van der Waals surface area (Å²) in [4.78, 5) is 15.9. The summed E-state index contributed by atoms with van der Waals surface area (Å²) in [6.07, 6.45) is 2.51. The molecule has 22 heavy (non-hydrogen) atoms. The topological polar surface area (TPSA) is 70.7 Å². The van der Waals surface area contributed by atoms with Gasteiger partial charge in [-0.1, -0.05) is 49.9 Å². The molecule has 1 amide bonds. The van der Waals surface area contributed by atoms with Crippen LogP contribution in [-0.4, -0.2) is 26.8 Å². The largest absolute Gasteiger partial charge is 0.349 e. The third kappa shape index (κ3) is 5.18. The molecule has 1 aromatic carbocycles. The van der Waals surface area contributed by atoms with Crippen LogP contribution in [0.5, 0.6) is 0 Å². The van der Waals surface area contributed by atoms with Crippen LogP contribution in [0.25, 0.3) is 0 Å². The summed E-state index contributed by atoms with van der Waals surface area (Å²) in [5, 5.41) is 10.1. The number of aromatic nitrogens is 3. The average molecular weight is 318 g/mol. The number of amides is 1. The monoisotopic (exact) mass is 318 g/mol. The molecule has 0 bridgehead atoms. The van der Waals surface area contributed by atoms with E-state index >= 15 is 0 Å². The molecule has 1 aromatic heterocycles. The van der Waals surface area contributed by atoms with E-state index in [0.29, 0.717) is 16.8 Å². The summed E-state index contributed by atoms with van der Waals surface area (Å²) in [6, 6.07) is 8.46. The minimum absolute atomic E-state index is 0.00377. The molecule has 0 aliphatic carbocycles. The fraction of sp³-hybridized carbons (Fsp3) is 0.438. The SMILES string of the molecule is CC(C)Cc1ccc([C@@H](C)NC(=O)CSc2ncn[nH]2)cc1. The summed E-state index contributed by atoms with van der Waals surface area (Å²) >= 11 is 1.34. The van der Waals surface area contributed by atoms with Crippen molar-refractivity contribution in [2.75, 3.05) is 5.75 Å². The van der Waals surface area contributed by atoms with Crippen LogP contribution in [0.4, 0.5) is 0 Å². The summed E-state index contributed by atoms with van der Waals surface area (Å²) in [5.74, 6) is 0.960. The molecular weight excluding hydrogens is 296 g/mol. The molecule has 0 fully saturated rings. The predicted molar refractivity (Wildman–Crippen MR) is 88.6 cm³/mol. The van der Waals surface area contributed by atoms with Crippen LogP contribution in [0.3, 0.4) is 0 Å². The van der Waals surface area contributed by atoms with E-state index < -0.39 is 0 Å². The van der Waals surface area contributed by atoms with Crippen molar-refractivity contribution in [2.45, 2.75) is 38.4 Å². The van der Waals surface area contributed by atoms with Gasteiger partial charge in [-0.05, 0) is 30.4 Å². The first-order valence-corrected chi connectivity index (χ1v) is 8.39. The number of rotatable bonds is 7. The Morgan fingerprint density at radius 3 is 2.59 bits per heavy atom. The molecule has 1 heterocycles. The number of nitrogens with zero attached hydrogens (tertiary/aromatic N) is 2. The smallest absolute Gasteiger partial charge is 0.230 e. The van der Waals surface area contributed by atoms with Crippen LogP contribution < -0.4 is 5.32 Å². The molecule has 2 rings (SSSR count). The number of carbonyl (C=O) groups excluding carboxylic acids is 1. The molecule has 2 N–H and O–H groups in total. The molecule has 0 radical (unpaired) electrons. The van der Waals surface area contributed by atoms with Gasteiger partial charge in [-0.25, -0.2) is 4.98 Å². The molecule has 0 aliphatic heterocycles. The third-order valence-corrected chi connectivity index (χ3v) is 4.11. The van der Waals surface area contributed by atoms with E-state index in [9.17, 15) is 4.79 Å². The number of benzene rings is 1. The summed E-state index contributed by atoms with van der Waals surface area (Å²) in [5.41, 5.74) is 2.45. The second-order valence-electron chi connectivity index (χ2n) is 5.71. The Morgan fingerprint density at radius 1 is 1.27 bits per heavy atom. The Labute approximate surface area is 135 Å². The van der Waals surface area contributed by atoms with E-state index in [0.717, 1.165) is 12.0 Å². The Hall–Kier alpha value is -1.82. The zero-order chi connectivity index (χ0) is 15.9. The Balaban J connectivity index is 1.83. The van der Waals surface area contributed by atoms with Crippen molar-refractivity contribution in [3.63, 3.8) is 0 Å². The number of thioether (sulfide) groups is 1. The molecular formula is C16H22N4OS. The number of hydrogen-bond acceptors (Lipinski definition) is 4. The van der Waals surface area contributed by atoms with Gasteiger partial charge in [0.1, 0.15) is 6.33 Å². The highest BCUT2D eigenvalue weighted by atomic mass is 32.2. The van der Waals surface area contributed by atoms with Gasteiger partial charge in [0.15, 0.2) is 5.16 Å². The quantitative estimate of drug-likeness (QED) is 0.770. The first-order chi connectivity index (χ1) is 10.5. The van der Waals surface area contributed by atoms with Crippen LogP contribution in [0.15, 0.2) is 35.7 Å². The average Bonchev–Trinajstić information content (AvgIpc) is 2.98. The number of nitrogens with one attached hydrogen (secondary N) is 2. The number of aromatic amines is 1. The summed E-state index contributed by atoms with van der Waals surface area (Å²) in [6.45, 7) is 6.42. The number of carbonyl (C=O) groups is 1. The van der Waals surface area contributed by atoms with Gasteiger partial charge in [-0.15, -0.1) is 0 Å². The normalized spacial score (nSPS) is 12.4. The van der Waals surface area contributed by atoms with Gasteiger partial charge in [0.25, 0.3) is 0 Å². The second kappa shape index (κ2) is 7.98. The highest BCUT2D eigenvalue weighted by Gasteiger charge is 2.11. The molecule has 1 atom stereocenters. The highest BCUT2D eigenvalue weighted by Crippen LogP contribution is 2.16. The van der Waals surface area contributed by atoms with E-state index in [1.165, 1.54) is 23.7 Å². The van der Waals surface area contributed by atoms with Crippen LogP contribution >= 0.6 is 11.8 Å². The van der Waals surface area contributed by atoms with Crippen LogP contribution in [-0.2, 0) is 11.2 Å². The summed E-state index contributed by atoms with van der Waals surface area (Å²) in [7, 11) is 0. The maximum absolute atomic E-state index is 11.9. The minimum atomic E-state index is -0.0137. The molecule has 0 spiro atoms. The Kier molecular flexibility index (Phi) is 6.00. The maximum Gasteiger partial charge on any atom is 0.230 e. The van der Waals surface area contributed by atoms with Crippen molar-refractivity contribution < 1.29 is 4.79 Å². The molecule has 2 aromatic rings. The van der Waals surface area contributed by atoms with Crippen LogP contribution in [0.1, 0.15) is 37.9 Å². The van der Waals surface area contributed by atoms with Gasteiger partial charge in [-0.3, -0.25) is 9.89 Å². The van der Waals surface area contributed by atoms with Crippen molar-refractivity contribution in [3.8, 4) is 0 Å².